The highest BCUT2D eigenvalue weighted by atomic mass is 32.2. The van der Waals surface area contributed by atoms with E-state index in [1.165, 1.54) is 5.56 Å². The van der Waals surface area contributed by atoms with E-state index in [4.69, 9.17) is 4.99 Å². The largest absolute Gasteiger partial charge is 0.361 e. The number of nitrogens with one attached hydrogen (secondary N) is 1. The molecule has 1 aromatic carbocycles. The normalized spacial score (nSPS) is 21.6. The Morgan fingerprint density at radius 1 is 1.37 bits per heavy atom. The van der Waals surface area contributed by atoms with Crippen molar-refractivity contribution < 1.29 is 0 Å². The van der Waals surface area contributed by atoms with Crippen LogP contribution in [0.2, 0.25) is 0 Å². The molecule has 0 saturated carbocycles. The van der Waals surface area contributed by atoms with Crippen molar-refractivity contribution >= 4 is 28.7 Å². The summed E-state index contributed by atoms with van der Waals surface area (Å²) in [6.07, 6.45) is 3.23. The van der Waals surface area contributed by atoms with Crippen LogP contribution in [0.3, 0.4) is 0 Å². The second-order valence-corrected chi connectivity index (χ2v) is 7.95. The molecule has 1 aromatic rings. The van der Waals surface area contributed by atoms with Crippen LogP contribution in [0.5, 0.6) is 0 Å². The standard InChI is InChI=1S/C15H22N2S2/c1-15(2,18-3)11-16-14-17-13(10-19-14)9-12-7-5-4-6-8-12/h4-8,13H,9-11H2,1-3H3,(H,16,17). The van der Waals surface area contributed by atoms with Crippen molar-refractivity contribution in [3.63, 3.8) is 0 Å². The fourth-order valence-corrected chi connectivity index (χ4v) is 3.02. The molecule has 2 nitrogen and oxygen atoms in total. The molecule has 0 bridgehead atoms. The summed E-state index contributed by atoms with van der Waals surface area (Å²) in [5.74, 6) is 1.12. The molecule has 1 aliphatic heterocycles. The molecule has 1 unspecified atom stereocenters. The third-order valence-electron chi connectivity index (χ3n) is 3.23. The number of aliphatic imine (C=N–C) groups is 1. The molecule has 104 valence electrons. The summed E-state index contributed by atoms with van der Waals surface area (Å²) >= 11 is 3.72. The fourth-order valence-electron chi connectivity index (χ4n) is 1.86. The van der Waals surface area contributed by atoms with Gasteiger partial charge in [0.2, 0.25) is 0 Å². The maximum absolute atomic E-state index is 4.71. The molecule has 1 heterocycles. The number of hydrogen-bond acceptors (Lipinski definition) is 3. The van der Waals surface area contributed by atoms with Crippen LogP contribution in [0.15, 0.2) is 35.3 Å². The Morgan fingerprint density at radius 2 is 2.11 bits per heavy atom. The van der Waals surface area contributed by atoms with Gasteiger partial charge in [0.05, 0.1) is 6.54 Å². The van der Waals surface area contributed by atoms with Crippen molar-refractivity contribution in [1.29, 1.82) is 0 Å². The van der Waals surface area contributed by atoms with Gasteiger partial charge in [-0.2, -0.15) is 11.8 Å². The van der Waals surface area contributed by atoms with E-state index in [1.807, 2.05) is 23.5 Å². The Labute approximate surface area is 124 Å². The smallest absolute Gasteiger partial charge is 0.156 e. The Bertz CT molecular complexity index is 429. The van der Waals surface area contributed by atoms with Gasteiger partial charge in [0.25, 0.3) is 0 Å². The first-order chi connectivity index (χ1) is 9.09. The Kier molecular flexibility index (Phi) is 5.22. The Balaban J connectivity index is 1.85. The van der Waals surface area contributed by atoms with Crippen molar-refractivity contribution in [3.05, 3.63) is 35.9 Å². The van der Waals surface area contributed by atoms with Gasteiger partial charge in [-0.05, 0) is 32.1 Å². The molecule has 1 saturated heterocycles. The Morgan fingerprint density at radius 3 is 2.79 bits per heavy atom. The van der Waals surface area contributed by atoms with Crippen molar-refractivity contribution in [2.24, 2.45) is 4.99 Å². The van der Waals surface area contributed by atoms with E-state index in [9.17, 15) is 0 Å². The lowest BCUT2D eigenvalue weighted by atomic mass is 10.1. The van der Waals surface area contributed by atoms with Crippen LogP contribution in [0, 0.1) is 0 Å². The van der Waals surface area contributed by atoms with Crippen LogP contribution < -0.4 is 5.32 Å². The van der Waals surface area contributed by atoms with E-state index in [0.717, 1.165) is 23.9 Å². The molecule has 0 spiro atoms. The van der Waals surface area contributed by atoms with Crippen LogP contribution in [-0.4, -0.2) is 34.5 Å². The molecule has 1 aliphatic rings. The molecular weight excluding hydrogens is 272 g/mol. The molecule has 1 fully saturated rings. The monoisotopic (exact) mass is 294 g/mol. The lowest BCUT2D eigenvalue weighted by Crippen LogP contribution is -2.30. The van der Waals surface area contributed by atoms with Crippen molar-refractivity contribution in [2.75, 3.05) is 18.6 Å². The van der Waals surface area contributed by atoms with Gasteiger partial charge in [0.1, 0.15) is 0 Å². The second kappa shape index (κ2) is 6.71. The average molecular weight is 294 g/mol. The summed E-state index contributed by atoms with van der Waals surface area (Å²) in [6, 6.07) is 11.2. The number of hydrogen-bond donors (Lipinski definition) is 1. The van der Waals surface area contributed by atoms with Gasteiger partial charge in [0, 0.05) is 16.5 Å². The molecule has 19 heavy (non-hydrogen) atoms. The number of nitrogens with zero attached hydrogens (tertiary/aromatic N) is 1. The summed E-state index contributed by atoms with van der Waals surface area (Å²) in [7, 11) is 0. The van der Waals surface area contributed by atoms with Crippen LogP contribution in [-0.2, 0) is 6.42 Å². The van der Waals surface area contributed by atoms with Crippen LogP contribution >= 0.6 is 23.5 Å². The van der Waals surface area contributed by atoms with Crippen LogP contribution in [0.25, 0.3) is 0 Å². The molecule has 1 atom stereocenters. The SMILES string of the molecule is CSC(C)(C)CN=C1NC(Cc2ccccc2)CS1. The third-order valence-corrected chi connectivity index (χ3v) is 5.55. The highest BCUT2D eigenvalue weighted by Crippen LogP contribution is 2.23. The van der Waals surface area contributed by atoms with Gasteiger partial charge in [-0.25, -0.2) is 0 Å². The van der Waals surface area contributed by atoms with Crippen molar-refractivity contribution in [2.45, 2.75) is 31.1 Å². The molecule has 0 amide bonds. The zero-order valence-corrected chi connectivity index (χ0v) is 13.5. The van der Waals surface area contributed by atoms with E-state index in [-0.39, 0.29) is 4.75 Å². The third kappa shape index (κ3) is 4.77. The summed E-state index contributed by atoms with van der Waals surface area (Å²) in [5.41, 5.74) is 1.39. The summed E-state index contributed by atoms with van der Waals surface area (Å²) in [6.45, 7) is 5.35. The minimum absolute atomic E-state index is 0.229. The lowest BCUT2D eigenvalue weighted by molar-refractivity contribution is 0.679. The highest BCUT2D eigenvalue weighted by Gasteiger charge is 2.22. The zero-order valence-electron chi connectivity index (χ0n) is 11.8. The van der Waals surface area contributed by atoms with Crippen LogP contribution in [0.1, 0.15) is 19.4 Å². The molecule has 4 heteroatoms. The van der Waals surface area contributed by atoms with Gasteiger partial charge in [-0.3, -0.25) is 4.99 Å². The van der Waals surface area contributed by atoms with E-state index < -0.39 is 0 Å². The number of benzene rings is 1. The molecule has 0 aromatic heterocycles. The predicted octanol–water partition coefficient (Wildman–Crippen LogP) is 3.43. The predicted molar refractivity (Wildman–Crippen MR) is 89.4 cm³/mol. The lowest BCUT2D eigenvalue weighted by Gasteiger charge is -2.19. The highest BCUT2D eigenvalue weighted by molar-refractivity contribution is 8.14. The maximum Gasteiger partial charge on any atom is 0.156 e. The summed E-state index contributed by atoms with van der Waals surface area (Å²) < 4.78 is 0.229. The zero-order chi connectivity index (χ0) is 13.7. The van der Waals surface area contributed by atoms with E-state index in [0.29, 0.717) is 6.04 Å². The Hall–Kier alpha value is -0.610. The van der Waals surface area contributed by atoms with Gasteiger partial charge < -0.3 is 5.32 Å². The second-order valence-electron chi connectivity index (χ2n) is 5.43. The summed E-state index contributed by atoms with van der Waals surface area (Å²) in [5, 5.41) is 4.65. The number of amidine groups is 1. The molecule has 0 radical (unpaired) electrons. The number of rotatable bonds is 5. The van der Waals surface area contributed by atoms with Crippen LogP contribution in [0.4, 0.5) is 0 Å². The topological polar surface area (TPSA) is 24.4 Å². The van der Waals surface area contributed by atoms with Gasteiger partial charge in [0.15, 0.2) is 5.17 Å². The summed E-state index contributed by atoms with van der Waals surface area (Å²) in [4.78, 5) is 4.71. The fraction of sp³-hybridized carbons (Fsp3) is 0.533. The molecule has 0 aliphatic carbocycles. The first kappa shape index (κ1) is 14.8. The van der Waals surface area contributed by atoms with Gasteiger partial charge in [-0.1, -0.05) is 42.1 Å². The van der Waals surface area contributed by atoms with E-state index in [2.05, 4.69) is 55.8 Å². The quantitative estimate of drug-likeness (QED) is 0.900. The van der Waals surface area contributed by atoms with Crippen molar-refractivity contribution in [3.8, 4) is 0 Å². The molecule has 1 N–H and O–H groups in total. The van der Waals surface area contributed by atoms with Gasteiger partial charge >= 0.3 is 0 Å². The molecule has 2 rings (SSSR count). The number of thioether (sulfide) groups is 2. The first-order valence-corrected chi connectivity index (χ1v) is 8.83. The van der Waals surface area contributed by atoms with Gasteiger partial charge in [-0.15, -0.1) is 0 Å². The minimum Gasteiger partial charge on any atom is -0.361 e. The van der Waals surface area contributed by atoms with E-state index >= 15 is 0 Å². The van der Waals surface area contributed by atoms with Crippen molar-refractivity contribution in [1.82, 2.24) is 5.32 Å². The molecular formula is C15H22N2S2. The minimum atomic E-state index is 0.229. The first-order valence-electron chi connectivity index (χ1n) is 6.62. The average Bonchev–Trinajstić information content (AvgIpc) is 2.86. The van der Waals surface area contributed by atoms with E-state index in [1.54, 1.807) is 0 Å². The maximum atomic E-state index is 4.71.